The lowest BCUT2D eigenvalue weighted by molar-refractivity contribution is 1.11. The number of aromatic nitrogens is 2. The van der Waals surface area contributed by atoms with Gasteiger partial charge in [0.15, 0.2) is 0 Å². The van der Waals surface area contributed by atoms with Gasteiger partial charge in [-0.3, -0.25) is 0 Å². The van der Waals surface area contributed by atoms with Gasteiger partial charge in [0.05, 0.1) is 5.69 Å². The fraction of sp³-hybridized carbons (Fsp3) is 0.125. The van der Waals surface area contributed by atoms with Crippen LogP contribution in [0.1, 0.15) is 5.69 Å². The molecule has 2 rings (SSSR count). The lowest BCUT2D eigenvalue weighted by Gasteiger charge is -1.96. The second-order valence-corrected chi connectivity index (χ2v) is 3.43. The summed E-state index contributed by atoms with van der Waals surface area (Å²) in [5.74, 6) is 0. The highest BCUT2D eigenvalue weighted by Crippen LogP contribution is 2.18. The van der Waals surface area contributed by atoms with E-state index >= 15 is 0 Å². The minimum absolute atomic E-state index is 0.746. The van der Waals surface area contributed by atoms with E-state index in [2.05, 4.69) is 20.9 Å². The molecule has 3 nitrogen and oxygen atoms in total. The maximum absolute atomic E-state index is 5.64. The van der Waals surface area contributed by atoms with Crippen molar-refractivity contribution >= 4 is 27.3 Å². The monoisotopic (exact) mass is 225 g/mol. The van der Waals surface area contributed by atoms with Crippen LogP contribution >= 0.6 is 15.9 Å². The Bertz CT molecular complexity index is 433. The van der Waals surface area contributed by atoms with E-state index in [0.717, 1.165) is 21.6 Å². The Morgan fingerprint density at radius 2 is 2.25 bits per heavy atom. The van der Waals surface area contributed by atoms with Crippen LogP contribution in [0.2, 0.25) is 0 Å². The number of halogens is 1. The summed E-state index contributed by atoms with van der Waals surface area (Å²) in [6.07, 6.45) is 1.86. The minimum Gasteiger partial charge on any atom is -0.398 e. The lowest BCUT2D eigenvalue weighted by Crippen LogP contribution is -1.91. The molecule has 0 aliphatic heterocycles. The van der Waals surface area contributed by atoms with Gasteiger partial charge in [-0.15, -0.1) is 0 Å². The van der Waals surface area contributed by atoms with E-state index in [-0.39, 0.29) is 0 Å². The molecule has 0 spiro atoms. The maximum Gasteiger partial charge on any atom is 0.138 e. The third kappa shape index (κ3) is 0.992. The first-order valence-corrected chi connectivity index (χ1v) is 4.37. The third-order valence-corrected chi connectivity index (χ3v) is 2.57. The lowest BCUT2D eigenvalue weighted by atomic mass is 10.4. The fourth-order valence-corrected chi connectivity index (χ4v) is 1.52. The highest BCUT2D eigenvalue weighted by atomic mass is 79.9. The number of imidazole rings is 1. The summed E-state index contributed by atoms with van der Waals surface area (Å²) < 4.78 is 2.83. The number of hydrogen-bond donors (Lipinski definition) is 1. The number of nitrogen functional groups attached to an aromatic ring is 1. The van der Waals surface area contributed by atoms with Crippen molar-refractivity contribution in [2.24, 2.45) is 0 Å². The second kappa shape index (κ2) is 2.48. The van der Waals surface area contributed by atoms with Crippen molar-refractivity contribution < 1.29 is 0 Å². The Morgan fingerprint density at radius 3 is 3.00 bits per heavy atom. The Hall–Kier alpha value is -1.03. The van der Waals surface area contributed by atoms with Gasteiger partial charge in [-0.1, -0.05) is 0 Å². The molecule has 0 unspecified atom stereocenters. The smallest absolute Gasteiger partial charge is 0.138 e. The predicted octanol–water partition coefficient (Wildman–Crippen LogP) is 1.99. The van der Waals surface area contributed by atoms with Crippen LogP contribution in [0.3, 0.4) is 0 Å². The number of fused-ring (bicyclic) bond motifs is 1. The first-order chi connectivity index (χ1) is 5.68. The van der Waals surface area contributed by atoms with Crippen molar-refractivity contribution in [3.8, 4) is 0 Å². The SMILES string of the molecule is Cc1c(Br)nc2ccc(N)cn12. The summed E-state index contributed by atoms with van der Waals surface area (Å²) in [6.45, 7) is 1.99. The molecule has 0 bridgehead atoms. The summed E-state index contributed by atoms with van der Waals surface area (Å²) in [7, 11) is 0. The Balaban J connectivity index is 2.88. The van der Waals surface area contributed by atoms with Crippen molar-refractivity contribution in [2.45, 2.75) is 6.92 Å². The zero-order valence-corrected chi connectivity index (χ0v) is 8.17. The Kier molecular flexibility index (Phi) is 1.58. The quantitative estimate of drug-likeness (QED) is 0.746. The van der Waals surface area contributed by atoms with Crippen LogP contribution in [0.5, 0.6) is 0 Å². The van der Waals surface area contributed by atoms with Gasteiger partial charge < -0.3 is 10.1 Å². The molecule has 0 amide bonds. The number of nitrogens with zero attached hydrogens (tertiary/aromatic N) is 2. The normalized spacial score (nSPS) is 10.8. The highest BCUT2D eigenvalue weighted by molar-refractivity contribution is 9.10. The van der Waals surface area contributed by atoms with Crippen molar-refractivity contribution in [2.75, 3.05) is 5.73 Å². The molecule has 2 aromatic heterocycles. The minimum atomic E-state index is 0.746. The maximum atomic E-state index is 5.64. The van der Waals surface area contributed by atoms with Crippen LogP contribution in [0.15, 0.2) is 22.9 Å². The van der Waals surface area contributed by atoms with Gasteiger partial charge in [0.25, 0.3) is 0 Å². The van der Waals surface area contributed by atoms with Crippen molar-refractivity contribution in [3.05, 3.63) is 28.6 Å². The third-order valence-electron chi connectivity index (χ3n) is 1.82. The molecule has 2 N–H and O–H groups in total. The molecule has 2 heterocycles. The zero-order chi connectivity index (χ0) is 8.72. The van der Waals surface area contributed by atoms with Crippen LogP contribution in [0.25, 0.3) is 5.65 Å². The number of anilines is 1. The second-order valence-electron chi connectivity index (χ2n) is 2.68. The molecule has 0 aliphatic carbocycles. The summed E-state index contributed by atoms with van der Waals surface area (Å²) in [5, 5.41) is 0. The molecule has 0 aliphatic rings. The number of pyridine rings is 1. The average molecular weight is 226 g/mol. The van der Waals surface area contributed by atoms with Crippen LogP contribution in [0, 0.1) is 6.92 Å². The van der Waals surface area contributed by atoms with Crippen molar-refractivity contribution in [1.82, 2.24) is 9.38 Å². The predicted molar refractivity (Wildman–Crippen MR) is 52.0 cm³/mol. The average Bonchev–Trinajstić information content (AvgIpc) is 2.31. The number of hydrogen-bond acceptors (Lipinski definition) is 2. The molecule has 0 saturated carbocycles. The van der Waals surface area contributed by atoms with Crippen molar-refractivity contribution in [1.29, 1.82) is 0 Å². The van der Waals surface area contributed by atoms with E-state index in [0.29, 0.717) is 0 Å². The van der Waals surface area contributed by atoms with Gasteiger partial charge in [-0.05, 0) is 35.0 Å². The van der Waals surface area contributed by atoms with Gasteiger partial charge in [-0.25, -0.2) is 4.98 Å². The molecule has 12 heavy (non-hydrogen) atoms. The van der Waals surface area contributed by atoms with Gasteiger partial charge in [0.1, 0.15) is 10.3 Å². The van der Waals surface area contributed by atoms with Crippen LogP contribution in [0.4, 0.5) is 5.69 Å². The molecule has 0 saturated heterocycles. The summed E-state index contributed by atoms with van der Waals surface area (Å²) in [6, 6.07) is 3.74. The Labute approximate surface area is 78.3 Å². The van der Waals surface area contributed by atoms with E-state index in [9.17, 15) is 0 Å². The topological polar surface area (TPSA) is 43.3 Å². The molecule has 0 atom stereocenters. The summed E-state index contributed by atoms with van der Waals surface area (Å²) >= 11 is 3.36. The van der Waals surface area contributed by atoms with Gasteiger partial charge >= 0.3 is 0 Å². The molecule has 4 heteroatoms. The van der Waals surface area contributed by atoms with Gasteiger partial charge in [0, 0.05) is 11.9 Å². The number of rotatable bonds is 0. The van der Waals surface area contributed by atoms with E-state index in [1.165, 1.54) is 0 Å². The number of nitrogens with two attached hydrogens (primary N) is 1. The van der Waals surface area contributed by atoms with Crippen LogP contribution < -0.4 is 5.73 Å². The van der Waals surface area contributed by atoms with E-state index in [1.54, 1.807) is 0 Å². The van der Waals surface area contributed by atoms with E-state index in [4.69, 9.17) is 5.73 Å². The number of aryl methyl sites for hydroxylation is 1. The molecule has 0 radical (unpaired) electrons. The summed E-state index contributed by atoms with van der Waals surface area (Å²) in [4.78, 5) is 4.28. The zero-order valence-electron chi connectivity index (χ0n) is 6.58. The molecular formula is C8H8BrN3. The highest BCUT2D eigenvalue weighted by Gasteiger charge is 2.03. The molecule has 62 valence electrons. The van der Waals surface area contributed by atoms with E-state index < -0.39 is 0 Å². The molecule has 0 fully saturated rings. The first kappa shape index (κ1) is 7.61. The van der Waals surface area contributed by atoms with Crippen LogP contribution in [-0.2, 0) is 0 Å². The van der Waals surface area contributed by atoms with E-state index in [1.807, 2.05) is 29.7 Å². The van der Waals surface area contributed by atoms with Crippen LogP contribution in [-0.4, -0.2) is 9.38 Å². The van der Waals surface area contributed by atoms with Crippen molar-refractivity contribution in [3.63, 3.8) is 0 Å². The Morgan fingerprint density at radius 1 is 1.50 bits per heavy atom. The molecule has 0 aromatic carbocycles. The molecular weight excluding hydrogens is 218 g/mol. The van der Waals surface area contributed by atoms with Gasteiger partial charge in [-0.2, -0.15) is 0 Å². The summed E-state index contributed by atoms with van der Waals surface area (Å²) in [5.41, 5.74) is 8.36. The largest absolute Gasteiger partial charge is 0.398 e. The standard InChI is InChI=1S/C8H8BrN3/c1-5-8(9)11-7-3-2-6(10)4-12(5)7/h2-4H,10H2,1H3. The fourth-order valence-electron chi connectivity index (χ4n) is 1.15. The van der Waals surface area contributed by atoms with Gasteiger partial charge in [0.2, 0.25) is 0 Å². The molecule has 2 aromatic rings. The first-order valence-electron chi connectivity index (χ1n) is 3.58.